The molecule has 8 heteroatoms. The molecule has 0 amide bonds. The van der Waals surface area contributed by atoms with Gasteiger partial charge in [0.25, 0.3) is 0 Å². The molecule has 2 aromatic rings. The molecule has 0 atom stereocenters. The van der Waals surface area contributed by atoms with E-state index in [-0.39, 0.29) is 17.2 Å². The van der Waals surface area contributed by atoms with E-state index in [0.29, 0.717) is 5.56 Å². The van der Waals surface area contributed by atoms with Crippen molar-refractivity contribution in [3.8, 4) is 17.6 Å². The average Bonchev–Trinajstić information content (AvgIpc) is 2.52. The van der Waals surface area contributed by atoms with Crippen LogP contribution in [0, 0.1) is 11.8 Å². The maximum absolute atomic E-state index is 12.0. The predicted molar refractivity (Wildman–Crippen MR) is 81.6 cm³/mol. The lowest BCUT2D eigenvalue weighted by Gasteiger charge is -2.08. The molecule has 0 bridgehead atoms. The van der Waals surface area contributed by atoms with Crippen LogP contribution in [0.1, 0.15) is 5.56 Å². The molecule has 0 aliphatic heterocycles. The highest BCUT2D eigenvalue weighted by Crippen LogP contribution is 2.22. The van der Waals surface area contributed by atoms with E-state index in [0.717, 1.165) is 12.1 Å². The highest BCUT2D eigenvalue weighted by Gasteiger charge is 2.30. The van der Waals surface area contributed by atoms with Gasteiger partial charge in [0.1, 0.15) is 5.75 Å². The Balaban J connectivity index is 1.94. The molecule has 0 saturated heterocycles. The van der Waals surface area contributed by atoms with Gasteiger partial charge in [0.05, 0.1) is 11.4 Å². The fraction of sp³-hybridized carbons (Fsp3) is 0.125. The fourth-order valence-corrected chi connectivity index (χ4v) is 2.64. The Bertz CT molecular complexity index is 836. The molecule has 0 spiro atoms. The molecule has 0 unspecified atom stereocenters. The van der Waals surface area contributed by atoms with E-state index in [4.69, 9.17) is 0 Å². The van der Waals surface area contributed by atoms with Gasteiger partial charge in [-0.15, -0.1) is 13.2 Å². The van der Waals surface area contributed by atoms with Gasteiger partial charge in [0.2, 0.25) is 10.0 Å². The lowest BCUT2D eigenvalue weighted by Crippen LogP contribution is -2.23. The third kappa shape index (κ3) is 5.61. The summed E-state index contributed by atoms with van der Waals surface area (Å²) in [6.07, 6.45) is -4.75. The van der Waals surface area contributed by atoms with E-state index in [1.54, 1.807) is 18.2 Å². The predicted octanol–water partition coefficient (Wildman–Crippen LogP) is 2.92. The second kappa shape index (κ2) is 7.38. The van der Waals surface area contributed by atoms with Crippen LogP contribution in [0.25, 0.3) is 0 Å². The number of rotatable bonds is 4. The van der Waals surface area contributed by atoms with Crippen molar-refractivity contribution in [3.63, 3.8) is 0 Å². The van der Waals surface area contributed by atoms with Crippen molar-refractivity contribution in [3.05, 3.63) is 60.2 Å². The summed E-state index contributed by atoms with van der Waals surface area (Å²) in [5, 5.41) is 0. The minimum absolute atomic E-state index is 0.125. The van der Waals surface area contributed by atoms with Crippen LogP contribution in [-0.2, 0) is 10.0 Å². The molecule has 0 aliphatic carbocycles. The summed E-state index contributed by atoms with van der Waals surface area (Å²) in [5.74, 6) is 4.89. The zero-order chi connectivity index (χ0) is 17.6. The van der Waals surface area contributed by atoms with Crippen LogP contribution >= 0.6 is 0 Å². The van der Waals surface area contributed by atoms with Gasteiger partial charge >= 0.3 is 6.36 Å². The van der Waals surface area contributed by atoms with E-state index in [1.165, 1.54) is 24.3 Å². The van der Waals surface area contributed by atoms with Crippen molar-refractivity contribution in [2.75, 3.05) is 6.54 Å². The lowest BCUT2D eigenvalue weighted by atomic mass is 10.2. The second-order valence-corrected chi connectivity index (χ2v) is 6.28. The number of hydrogen-bond acceptors (Lipinski definition) is 3. The average molecular weight is 355 g/mol. The maximum Gasteiger partial charge on any atom is 0.573 e. The number of nitrogens with one attached hydrogen (secondary N) is 1. The van der Waals surface area contributed by atoms with Gasteiger partial charge in [-0.3, -0.25) is 0 Å². The minimum atomic E-state index is -4.75. The van der Waals surface area contributed by atoms with Crippen LogP contribution in [0.4, 0.5) is 13.2 Å². The number of halogens is 3. The molecule has 0 radical (unpaired) electrons. The molecule has 1 N–H and O–H groups in total. The standard InChI is InChI=1S/C16H12F3NO3S/c17-16(18,19)23-14-10-8-13(9-11-14)5-4-12-20-24(21,22)15-6-2-1-3-7-15/h1-3,6-11,20H,12H2. The first kappa shape index (κ1) is 17.8. The van der Waals surface area contributed by atoms with Crippen molar-refractivity contribution in [2.45, 2.75) is 11.3 Å². The Morgan fingerprint density at radius 1 is 1.00 bits per heavy atom. The number of benzene rings is 2. The van der Waals surface area contributed by atoms with Gasteiger partial charge in [0.15, 0.2) is 0 Å². The summed E-state index contributed by atoms with van der Waals surface area (Å²) in [7, 11) is -3.64. The van der Waals surface area contributed by atoms with Crippen LogP contribution in [0.3, 0.4) is 0 Å². The summed E-state index contributed by atoms with van der Waals surface area (Å²) in [4.78, 5) is 0.125. The second-order valence-electron chi connectivity index (χ2n) is 4.51. The molecule has 0 heterocycles. The monoisotopic (exact) mass is 355 g/mol. The molecule has 126 valence electrons. The van der Waals surface area contributed by atoms with Crippen LogP contribution in [0.15, 0.2) is 59.5 Å². The Morgan fingerprint density at radius 2 is 1.62 bits per heavy atom. The molecule has 2 aromatic carbocycles. The zero-order valence-electron chi connectivity index (χ0n) is 12.2. The van der Waals surface area contributed by atoms with Crippen molar-refractivity contribution in [1.82, 2.24) is 4.72 Å². The molecular weight excluding hydrogens is 343 g/mol. The number of sulfonamides is 1. The Hall–Kier alpha value is -2.50. The molecule has 2 rings (SSSR count). The van der Waals surface area contributed by atoms with E-state index in [9.17, 15) is 21.6 Å². The normalized spacial score (nSPS) is 11.5. The van der Waals surface area contributed by atoms with Crippen molar-refractivity contribution in [1.29, 1.82) is 0 Å². The summed E-state index contributed by atoms with van der Waals surface area (Å²) in [5.41, 5.74) is 0.434. The van der Waals surface area contributed by atoms with Gasteiger partial charge < -0.3 is 4.74 Å². The van der Waals surface area contributed by atoms with Crippen molar-refractivity contribution >= 4 is 10.0 Å². The number of hydrogen-bond donors (Lipinski definition) is 1. The molecule has 0 fully saturated rings. The summed E-state index contributed by atoms with van der Waals surface area (Å²) in [6.45, 7) is -0.127. The van der Waals surface area contributed by atoms with Crippen molar-refractivity contribution in [2.24, 2.45) is 0 Å². The molecular formula is C16H12F3NO3S. The quantitative estimate of drug-likeness (QED) is 0.858. The van der Waals surface area contributed by atoms with Crippen LogP contribution in [-0.4, -0.2) is 21.3 Å². The summed E-state index contributed by atoms with van der Waals surface area (Å²) >= 11 is 0. The molecule has 0 aliphatic rings. The number of alkyl halides is 3. The minimum Gasteiger partial charge on any atom is -0.406 e. The third-order valence-corrected chi connectivity index (χ3v) is 4.14. The summed E-state index contributed by atoms with van der Waals surface area (Å²) < 4.78 is 66.0. The Morgan fingerprint density at radius 3 is 2.21 bits per heavy atom. The third-order valence-electron chi connectivity index (χ3n) is 2.72. The molecule has 24 heavy (non-hydrogen) atoms. The molecule has 0 aromatic heterocycles. The van der Waals surface area contributed by atoms with Crippen LogP contribution < -0.4 is 9.46 Å². The number of ether oxygens (including phenoxy) is 1. The van der Waals surface area contributed by atoms with Gasteiger partial charge in [-0.05, 0) is 36.4 Å². The first-order valence-corrected chi connectivity index (χ1v) is 8.14. The Labute approximate surface area is 137 Å². The Kier molecular flexibility index (Phi) is 5.49. The van der Waals surface area contributed by atoms with Gasteiger partial charge in [0, 0.05) is 5.56 Å². The topological polar surface area (TPSA) is 55.4 Å². The summed E-state index contributed by atoms with van der Waals surface area (Å²) in [6, 6.07) is 12.8. The lowest BCUT2D eigenvalue weighted by molar-refractivity contribution is -0.274. The fourth-order valence-electron chi connectivity index (χ4n) is 1.70. The molecule has 4 nitrogen and oxygen atoms in total. The van der Waals surface area contributed by atoms with Gasteiger partial charge in [-0.2, -0.15) is 4.72 Å². The van der Waals surface area contributed by atoms with Gasteiger partial charge in [-0.25, -0.2) is 8.42 Å². The van der Waals surface area contributed by atoms with Crippen LogP contribution in [0.5, 0.6) is 5.75 Å². The maximum atomic E-state index is 12.0. The zero-order valence-corrected chi connectivity index (χ0v) is 13.0. The van der Waals surface area contributed by atoms with Crippen LogP contribution in [0.2, 0.25) is 0 Å². The first-order chi connectivity index (χ1) is 11.3. The highest BCUT2D eigenvalue weighted by molar-refractivity contribution is 7.89. The van der Waals surface area contributed by atoms with E-state index >= 15 is 0 Å². The largest absolute Gasteiger partial charge is 0.573 e. The highest BCUT2D eigenvalue weighted by atomic mass is 32.2. The van der Waals surface area contributed by atoms with E-state index in [2.05, 4.69) is 21.3 Å². The van der Waals surface area contributed by atoms with Gasteiger partial charge in [-0.1, -0.05) is 30.0 Å². The SMILES string of the molecule is O=S(=O)(NCC#Cc1ccc(OC(F)(F)F)cc1)c1ccccc1. The first-order valence-electron chi connectivity index (χ1n) is 6.66. The molecule has 0 saturated carbocycles. The van der Waals surface area contributed by atoms with Crippen molar-refractivity contribution < 1.29 is 26.3 Å². The van der Waals surface area contributed by atoms with E-state index in [1.807, 2.05) is 0 Å². The van der Waals surface area contributed by atoms with E-state index < -0.39 is 16.4 Å². The smallest absolute Gasteiger partial charge is 0.406 e.